The van der Waals surface area contributed by atoms with Crippen molar-refractivity contribution in [2.45, 2.75) is 38.6 Å². The lowest BCUT2D eigenvalue weighted by Crippen LogP contribution is -2.32. The van der Waals surface area contributed by atoms with Gasteiger partial charge in [0.25, 0.3) is 0 Å². The first-order chi connectivity index (χ1) is 11.3. The van der Waals surface area contributed by atoms with Gasteiger partial charge in [-0.05, 0) is 68.0 Å². The lowest BCUT2D eigenvalue weighted by molar-refractivity contribution is 0.205. The van der Waals surface area contributed by atoms with Gasteiger partial charge in [-0.15, -0.1) is 0 Å². The Bertz CT molecular complexity index is 670. The van der Waals surface area contributed by atoms with Gasteiger partial charge in [0.15, 0.2) is 0 Å². The van der Waals surface area contributed by atoms with E-state index in [2.05, 4.69) is 58.7 Å². The summed E-state index contributed by atoms with van der Waals surface area (Å²) < 4.78 is 0. The summed E-state index contributed by atoms with van der Waals surface area (Å²) in [5.41, 5.74) is 6.88. The van der Waals surface area contributed by atoms with Crippen LogP contribution in [0.25, 0.3) is 0 Å². The second kappa shape index (κ2) is 6.32. The molecule has 0 radical (unpaired) electrons. The summed E-state index contributed by atoms with van der Waals surface area (Å²) >= 11 is 0. The third-order valence-electron chi connectivity index (χ3n) is 5.32. The Morgan fingerprint density at radius 3 is 2.83 bits per heavy atom. The molecule has 2 aliphatic heterocycles. The van der Waals surface area contributed by atoms with E-state index in [9.17, 15) is 0 Å². The third-order valence-corrected chi connectivity index (χ3v) is 5.32. The SMILES string of the molecule is Cc1ccc(C2CCN(Cc3cccc4c3NCC4)CC2)cn1. The highest BCUT2D eigenvalue weighted by molar-refractivity contribution is 5.61. The first-order valence-electron chi connectivity index (χ1n) is 8.79. The van der Waals surface area contributed by atoms with Gasteiger partial charge in [0.1, 0.15) is 0 Å². The number of anilines is 1. The predicted molar refractivity (Wildman–Crippen MR) is 94.9 cm³/mol. The fourth-order valence-corrected chi connectivity index (χ4v) is 3.93. The Morgan fingerprint density at radius 1 is 1.17 bits per heavy atom. The third kappa shape index (κ3) is 3.11. The number of benzene rings is 1. The molecule has 1 fully saturated rings. The molecule has 2 aromatic rings. The quantitative estimate of drug-likeness (QED) is 0.936. The van der Waals surface area contributed by atoms with Crippen molar-refractivity contribution in [1.29, 1.82) is 0 Å². The lowest BCUT2D eigenvalue weighted by atomic mass is 9.90. The van der Waals surface area contributed by atoms with Crippen LogP contribution in [0.1, 0.15) is 41.1 Å². The smallest absolute Gasteiger partial charge is 0.0419 e. The molecule has 3 heteroatoms. The van der Waals surface area contributed by atoms with Gasteiger partial charge in [0, 0.05) is 30.7 Å². The Kier molecular flexibility index (Phi) is 4.04. The van der Waals surface area contributed by atoms with E-state index < -0.39 is 0 Å². The summed E-state index contributed by atoms with van der Waals surface area (Å²) in [5.74, 6) is 0.680. The fraction of sp³-hybridized carbons (Fsp3) is 0.450. The number of aromatic nitrogens is 1. The predicted octanol–water partition coefficient (Wildman–Crippen LogP) is 3.74. The van der Waals surface area contributed by atoms with Crippen LogP contribution in [0.2, 0.25) is 0 Å². The summed E-state index contributed by atoms with van der Waals surface area (Å²) in [5, 5.41) is 3.56. The highest BCUT2D eigenvalue weighted by atomic mass is 15.1. The summed E-state index contributed by atoms with van der Waals surface area (Å²) in [7, 11) is 0. The maximum absolute atomic E-state index is 4.46. The summed E-state index contributed by atoms with van der Waals surface area (Å²) in [6.07, 6.45) is 5.73. The van der Waals surface area contributed by atoms with Gasteiger partial charge in [-0.3, -0.25) is 9.88 Å². The first-order valence-corrected chi connectivity index (χ1v) is 8.79. The number of piperidine rings is 1. The van der Waals surface area contributed by atoms with E-state index >= 15 is 0 Å². The van der Waals surface area contributed by atoms with Crippen molar-refractivity contribution in [1.82, 2.24) is 9.88 Å². The molecule has 1 aromatic heterocycles. The number of fused-ring (bicyclic) bond motifs is 1. The van der Waals surface area contributed by atoms with Crippen LogP contribution < -0.4 is 5.32 Å². The average Bonchev–Trinajstić information content (AvgIpc) is 3.06. The molecule has 23 heavy (non-hydrogen) atoms. The van der Waals surface area contributed by atoms with Crippen molar-refractivity contribution in [3.63, 3.8) is 0 Å². The summed E-state index contributed by atoms with van der Waals surface area (Å²) in [4.78, 5) is 7.06. The fourth-order valence-electron chi connectivity index (χ4n) is 3.93. The van der Waals surface area contributed by atoms with Crippen molar-refractivity contribution in [3.8, 4) is 0 Å². The van der Waals surface area contributed by atoms with E-state index in [1.54, 1.807) is 0 Å². The molecule has 1 aromatic carbocycles. The average molecular weight is 307 g/mol. The van der Waals surface area contributed by atoms with E-state index in [4.69, 9.17) is 0 Å². The number of para-hydroxylation sites is 1. The second-order valence-electron chi connectivity index (χ2n) is 6.91. The molecule has 3 nitrogen and oxygen atoms in total. The molecule has 0 aliphatic carbocycles. The van der Waals surface area contributed by atoms with Crippen LogP contribution in [0.5, 0.6) is 0 Å². The van der Waals surface area contributed by atoms with Gasteiger partial charge in [-0.2, -0.15) is 0 Å². The molecule has 1 N–H and O–H groups in total. The Hall–Kier alpha value is -1.87. The van der Waals surface area contributed by atoms with Gasteiger partial charge >= 0.3 is 0 Å². The molecular formula is C20H25N3. The molecule has 1 saturated heterocycles. The van der Waals surface area contributed by atoms with Crippen molar-refractivity contribution in [2.75, 3.05) is 25.0 Å². The van der Waals surface area contributed by atoms with Crippen LogP contribution in [0.3, 0.4) is 0 Å². The number of hydrogen-bond donors (Lipinski definition) is 1. The monoisotopic (exact) mass is 307 g/mol. The van der Waals surface area contributed by atoms with Crippen LogP contribution in [0.4, 0.5) is 5.69 Å². The molecule has 0 bridgehead atoms. The molecule has 0 saturated carbocycles. The molecule has 2 aliphatic rings. The van der Waals surface area contributed by atoms with Crippen LogP contribution in [0, 0.1) is 6.92 Å². The number of hydrogen-bond acceptors (Lipinski definition) is 3. The van der Waals surface area contributed by atoms with Crippen LogP contribution in [-0.2, 0) is 13.0 Å². The maximum atomic E-state index is 4.46. The van der Waals surface area contributed by atoms with Crippen LogP contribution >= 0.6 is 0 Å². The van der Waals surface area contributed by atoms with Gasteiger partial charge in [0.05, 0.1) is 0 Å². The second-order valence-corrected chi connectivity index (χ2v) is 6.91. The molecule has 0 atom stereocenters. The van der Waals surface area contributed by atoms with Gasteiger partial charge < -0.3 is 5.32 Å². The van der Waals surface area contributed by atoms with Gasteiger partial charge in [-0.25, -0.2) is 0 Å². The minimum atomic E-state index is 0.680. The molecule has 0 unspecified atom stereocenters. The van der Waals surface area contributed by atoms with E-state index in [1.165, 1.54) is 54.7 Å². The highest BCUT2D eigenvalue weighted by Crippen LogP contribution is 2.31. The number of aryl methyl sites for hydroxylation is 1. The topological polar surface area (TPSA) is 28.2 Å². The maximum Gasteiger partial charge on any atom is 0.0419 e. The van der Waals surface area contributed by atoms with Crippen molar-refractivity contribution < 1.29 is 0 Å². The summed E-state index contributed by atoms with van der Waals surface area (Å²) in [6, 6.07) is 11.2. The highest BCUT2D eigenvalue weighted by Gasteiger charge is 2.22. The molecule has 4 rings (SSSR count). The lowest BCUT2D eigenvalue weighted by Gasteiger charge is -2.32. The first kappa shape index (κ1) is 14.7. The number of nitrogens with zero attached hydrogens (tertiary/aromatic N) is 2. The molecular weight excluding hydrogens is 282 g/mol. The van der Waals surface area contributed by atoms with Gasteiger partial charge in [0.2, 0.25) is 0 Å². The molecule has 120 valence electrons. The Labute approximate surface area is 138 Å². The zero-order chi connectivity index (χ0) is 15.6. The van der Waals surface area contributed by atoms with E-state index in [-0.39, 0.29) is 0 Å². The van der Waals surface area contributed by atoms with E-state index in [0.717, 1.165) is 18.8 Å². The minimum Gasteiger partial charge on any atom is -0.384 e. The van der Waals surface area contributed by atoms with Crippen molar-refractivity contribution in [3.05, 3.63) is 58.9 Å². The van der Waals surface area contributed by atoms with E-state index in [1.807, 2.05) is 0 Å². The number of pyridine rings is 1. The molecule has 3 heterocycles. The van der Waals surface area contributed by atoms with Crippen molar-refractivity contribution >= 4 is 5.69 Å². The van der Waals surface area contributed by atoms with Gasteiger partial charge in [-0.1, -0.05) is 24.3 Å². The minimum absolute atomic E-state index is 0.680. The molecule has 0 spiro atoms. The van der Waals surface area contributed by atoms with Crippen molar-refractivity contribution in [2.24, 2.45) is 0 Å². The number of nitrogens with one attached hydrogen (secondary N) is 1. The Morgan fingerprint density at radius 2 is 2.04 bits per heavy atom. The number of likely N-dealkylation sites (tertiary alicyclic amines) is 1. The zero-order valence-corrected chi connectivity index (χ0v) is 13.9. The molecule has 0 amide bonds. The Balaban J connectivity index is 1.39. The van der Waals surface area contributed by atoms with Crippen LogP contribution in [-0.4, -0.2) is 29.5 Å². The standard InChI is InChI=1S/C20H25N3/c1-15-5-6-18(13-22-15)16-8-11-23(12-9-16)14-19-4-2-3-17-7-10-21-20(17)19/h2-6,13,16,21H,7-12,14H2,1H3. The normalized spacial score (nSPS) is 18.7. The van der Waals surface area contributed by atoms with E-state index in [0.29, 0.717) is 5.92 Å². The number of rotatable bonds is 3. The van der Waals surface area contributed by atoms with Crippen LogP contribution in [0.15, 0.2) is 36.5 Å². The zero-order valence-electron chi connectivity index (χ0n) is 13.9. The largest absolute Gasteiger partial charge is 0.384 e. The summed E-state index contributed by atoms with van der Waals surface area (Å²) in [6.45, 7) is 6.59.